The van der Waals surface area contributed by atoms with E-state index in [1.54, 1.807) is 13.8 Å². The molecule has 0 amide bonds. The van der Waals surface area contributed by atoms with Crippen LogP contribution in [0.15, 0.2) is 0 Å². The van der Waals surface area contributed by atoms with E-state index in [1.807, 2.05) is 13.8 Å². The number of nitrogens with zero attached hydrogens (tertiary/aromatic N) is 2. The van der Waals surface area contributed by atoms with Crippen LogP contribution in [-0.2, 0) is 0 Å². The van der Waals surface area contributed by atoms with Crippen molar-refractivity contribution in [1.29, 1.82) is 5.26 Å². The predicted molar refractivity (Wildman–Crippen MR) is 74.3 cm³/mol. The molecule has 0 spiro atoms. The first kappa shape index (κ1) is 19.2. The molecule has 1 unspecified atom stereocenters. The monoisotopic (exact) mass is 293 g/mol. The van der Waals surface area contributed by atoms with E-state index in [1.165, 1.54) is 4.90 Å². The molecule has 0 heterocycles. The number of nitriles is 1. The van der Waals surface area contributed by atoms with Crippen molar-refractivity contribution < 1.29 is 13.2 Å². The Balaban J connectivity index is 4.46. The van der Waals surface area contributed by atoms with E-state index < -0.39 is 18.3 Å². The fourth-order valence-electron chi connectivity index (χ4n) is 2.24. The van der Waals surface area contributed by atoms with E-state index >= 15 is 0 Å². The van der Waals surface area contributed by atoms with Gasteiger partial charge in [0.1, 0.15) is 5.54 Å². The normalized spacial score (nSPS) is 15.4. The van der Waals surface area contributed by atoms with Crippen LogP contribution in [0.2, 0.25) is 0 Å². The summed E-state index contributed by atoms with van der Waals surface area (Å²) in [6.45, 7) is 7.50. The van der Waals surface area contributed by atoms with Crippen molar-refractivity contribution in [1.82, 2.24) is 10.2 Å². The lowest BCUT2D eigenvalue weighted by molar-refractivity contribution is -0.149. The smallest absolute Gasteiger partial charge is 0.300 e. The largest absolute Gasteiger partial charge is 0.401 e. The van der Waals surface area contributed by atoms with Gasteiger partial charge in [-0.25, -0.2) is 0 Å². The van der Waals surface area contributed by atoms with Crippen molar-refractivity contribution in [2.24, 2.45) is 0 Å². The minimum Gasteiger partial charge on any atom is -0.300 e. The first-order chi connectivity index (χ1) is 9.19. The third-order valence-electron chi connectivity index (χ3n) is 3.49. The molecule has 0 bridgehead atoms. The number of hydrogen-bond donors (Lipinski definition) is 1. The summed E-state index contributed by atoms with van der Waals surface area (Å²) < 4.78 is 37.4. The van der Waals surface area contributed by atoms with Crippen LogP contribution < -0.4 is 5.32 Å². The van der Waals surface area contributed by atoms with Crippen molar-refractivity contribution in [3.05, 3.63) is 0 Å². The Bertz CT molecular complexity index is 310. The van der Waals surface area contributed by atoms with Gasteiger partial charge in [-0.1, -0.05) is 13.8 Å². The van der Waals surface area contributed by atoms with Gasteiger partial charge in [0, 0.05) is 6.04 Å². The van der Waals surface area contributed by atoms with Crippen LogP contribution in [-0.4, -0.2) is 42.3 Å². The van der Waals surface area contributed by atoms with E-state index in [-0.39, 0.29) is 6.04 Å². The molecule has 0 radical (unpaired) electrons. The van der Waals surface area contributed by atoms with Gasteiger partial charge in [0.25, 0.3) is 0 Å². The first-order valence-corrected chi connectivity index (χ1v) is 7.16. The van der Waals surface area contributed by atoms with Crippen molar-refractivity contribution >= 4 is 0 Å². The molecule has 0 fully saturated rings. The molecule has 1 N–H and O–H groups in total. The Morgan fingerprint density at radius 2 is 1.85 bits per heavy atom. The molecule has 0 rings (SSSR count). The van der Waals surface area contributed by atoms with Gasteiger partial charge in [-0.3, -0.25) is 10.2 Å². The molecule has 0 aliphatic carbocycles. The number of halogens is 3. The lowest BCUT2D eigenvalue weighted by atomic mass is 9.91. The van der Waals surface area contributed by atoms with E-state index in [2.05, 4.69) is 11.4 Å². The first-order valence-electron chi connectivity index (χ1n) is 7.16. The summed E-state index contributed by atoms with van der Waals surface area (Å²) in [6.07, 6.45) is -2.39. The van der Waals surface area contributed by atoms with Crippen LogP contribution in [0.5, 0.6) is 0 Å². The number of rotatable bonds is 9. The number of alkyl halides is 3. The highest BCUT2D eigenvalue weighted by Gasteiger charge is 2.32. The third-order valence-corrected chi connectivity index (χ3v) is 3.49. The average Bonchev–Trinajstić information content (AvgIpc) is 2.35. The molecule has 0 aromatic heterocycles. The lowest BCUT2D eigenvalue weighted by Gasteiger charge is -2.30. The molecule has 0 saturated carbocycles. The average molecular weight is 293 g/mol. The van der Waals surface area contributed by atoms with Gasteiger partial charge in [-0.05, 0) is 46.2 Å². The highest BCUT2D eigenvalue weighted by atomic mass is 19.4. The summed E-state index contributed by atoms with van der Waals surface area (Å²) in [5.41, 5.74) is -0.615. The highest BCUT2D eigenvalue weighted by molar-refractivity contribution is 5.06. The molecule has 20 heavy (non-hydrogen) atoms. The minimum absolute atomic E-state index is 0.158. The van der Waals surface area contributed by atoms with Crippen molar-refractivity contribution in [2.45, 2.75) is 64.7 Å². The Morgan fingerprint density at radius 1 is 1.25 bits per heavy atom. The quantitative estimate of drug-likeness (QED) is 0.709. The third kappa shape index (κ3) is 7.11. The van der Waals surface area contributed by atoms with Gasteiger partial charge in [0.15, 0.2) is 0 Å². The summed E-state index contributed by atoms with van der Waals surface area (Å²) in [5, 5.41) is 12.4. The van der Waals surface area contributed by atoms with Crippen LogP contribution in [0.3, 0.4) is 0 Å². The van der Waals surface area contributed by atoms with E-state index in [9.17, 15) is 18.4 Å². The van der Waals surface area contributed by atoms with Gasteiger partial charge < -0.3 is 0 Å². The van der Waals surface area contributed by atoms with Gasteiger partial charge in [-0.2, -0.15) is 18.4 Å². The van der Waals surface area contributed by atoms with E-state index in [0.717, 1.165) is 0 Å². The molecule has 0 aromatic rings. The Morgan fingerprint density at radius 3 is 2.20 bits per heavy atom. The summed E-state index contributed by atoms with van der Waals surface area (Å²) in [6, 6.07) is 2.11. The fourth-order valence-corrected chi connectivity index (χ4v) is 2.24. The second-order valence-electron chi connectivity index (χ2n) is 5.36. The minimum atomic E-state index is -4.18. The molecule has 6 heteroatoms. The zero-order valence-electron chi connectivity index (χ0n) is 12.8. The highest BCUT2D eigenvalue weighted by Crippen LogP contribution is 2.21. The summed E-state index contributed by atoms with van der Waals surface area (Å²) in [5.74, 6) is 0. The van der Waals surface area contributed by atoms with Crippen LogP contribution in [0.1, 0.15) is 47.0 Å². The molecule has 0 saturated heterocycles. The zero-order chi connectivity index (χ0) is 15.8. The van der Waals surface area contributed by atoms with Gasteiger partial charge in [0.05, 0.1) is 12.6 Å². The Kier molecular flexibility index (Phi) is 8.14. The summed E-state index contributed by atoms with van der Waals surface area (Å²) >= 11 is 0. The number of nitrogens with one attached hydrogen (secondary N) is 1. The maximum Gasteiger partial charge on any atom is 0.401 e. The molecular formula is C14H26F3N3. The summed E-state index contributed by atoms with van der Waals surface area (Å²) in [7, 11) is 0. The Labute approximate surface area is 120 Å². The maximum atomic E-state index is 12.5. The second-order valence-corrected chi connectivity index (χ2v) is 5.36. The molecule has 0 aliphatic heterocycles. The molecule has 0 aromatic carbocycles. The second kappa shape index (κ2) is 8.48. The van der Waals surface area contributed by atoms with Crippen molar-refractivity contribution in [3.8, 4) is 6.07 Å². The Hall–Kier alpha value is -0.800. The van der Waals surface area contributed by atoms with Crippen LogP contribution >= 0.6 is 0 Å². The fraction of sp³-hybridized carbons (Fsp3) is 0.929. The van der Waals surface area contributed by atoms with Crippen molar-refractivity contribution in [3.63, 3.8) is 0 Å². The van der Waals surface area contributed by atoms with Gasteiger partial charge in [0.2, 0.25) is 0 Å². The molecule has 1 atom stereocenters. The maximum absolute atomic E-state index is 12.5. The number of hydrogen-bond acceptors (Lipinski definition) is 3. The molecule has 0 aliphatic rings. The van der Waals surface area contributed by atoms with Crippen LogP contribution in [0.25, 0.3) is 0 Å². The van der Waals surface area contributed by atoms with Crippen LogP contribution in [0.4, 0.5) is 13.2 Å². The molecule has 3 nitrogen and oxygen atoms in total. The SMILES string of the molecule is CCNC(C#N)(CC)CCCN(CC(F)(F)F)C(C)C. The van der Waals surface area contributed by atoms with Crippen LogP contribution in [0, 0.1) is 11.3 Å². The molecule has 118 valence electrons. The standard InChI is InChI=1S/C14H26F3N3/c1-5-13(10-18,19-6-2)8-7-9-20(12(3)4)11-14(15,16)17/h12,19H,5-9,11H2,1-4H3. The topological polar surface area (TPSA) is 39.1 Å². The van der Waals surface area contributed by atoms with Gasteiger partial charge in [-0.15, -0.1) is 0 Å². The van der Waals surface area contributed by atoms with Gasteiger partial charge >= 0.3 is 6.18 Å². The van der Waals surface area contributed by atoms with Crippen molar-refractivity contribution in [2.75, 3.05) is 19.6 Å². The molecular weight excluding hydrogens is 267 g/mol. The summed E-state index contributed by atoms with van der Waals surface area (Å²) in [4.78, 5) is 1.41. The predicted octanol–water partition coefficient (Wildman–Crippen LogP) is 3.32. The lowest BCUT2D eigenvalue weighted by Crippen LogP contribution is -2.45. The van der Waals surface area contributed by atoms with E-state index in [0.29, 0.717) is 32.4 Å². The zero-order valence-corrected chi connectivity index (χ0v) is 12.8. The van der Waals surface area contributed by atoms with E-state index in [4.69, 9.17) is 0 Å².